The van der Waals surface area contributed by atoms with E-state index in [0.717, 1.165) is 25.9 Å². The van der Waals surface area contributed by atoms with Crippen molar-refractivity contribution in [2.75, 3.05) is 13.1 Å². The molecule has 6 heteroatoms. The van der Waals surface area contributed by atoms with Crippen LogP contribution in [0, 0.1) is 16.7 Å². The van der Waals surface area contributed by atoms with Crippen molar-refractivity contribution in [1.29, 1.82) is 5.26 Å². The molecule has 24 heavy (non-hydrogen) atoms. The summed E-state index contributed by atoms with van der Waals surface area (Å²) in [6.07, 6.45) is 4.08. The first-order valence-electron chi connectivity index (χ1n) is 8.96. The zero-order valence-corrected chi connectivity index (χ0v) is 15.5. The van der Waals surface area contributed by atoms with Crippen molar-refractivity contribution in [2.24, 2.45) is 11.1 Å². The average molecular weight is 336 g/mol. The Balaban J connectivity index is 2.58. The predicted octanol–water partition coefficient (Wildman–Crippen LogP) is 1.94. The van der Waals surface area contributed by atoms with Crippen molar-refractivity contribution in [3.63, 3.8) is 0 Å². The summed E-state index contributed by atoms with van der Waals surface area (Å²) in [6, 6.07) is 2.86. The molecule has 0 radical (unpaired) electrons. The van der Waals surface area contributed by atoms with Gasteiger partial charge in [-0.3, -0.25) is 9.59 Å². The van der Waals surface area contributed by atoms with Crippen molar-refractivity contribution in [2.45, 2.75) is 77.8 Å². The molecule has 1 fully saturated rings. The van der Waals surface area contributed by atoms with Crippen LogP contribution in [0.2, 0.25) is 0 Å². The Morgan fingerprint density at radius 2 is 1.83 bits per heavy atom. The summed E-state index contributed by atoms with van der Waals surface area (Å²) in [5.74, 6) is -0.592. The van der Waals surface area contributed by atoms with E-state index in [-0.39, 0.29) is 12.3 Å². The number of hydrogen-bond donors (Lipinski definition) is 2. The maximum absolute atomic E-state index is 12.2. The third kappa shape index (κ3) is 5.20. The Kier molecular flexibility index (Phi) is 7.22. The maximum Gasteiger partial charge on any atom is 0.223 e. The van der Waals surface area contributed by atoms with Gasteiger partial charge in [0.05, 0.1) is 6.07 Å². The molecule has 0 bridgehead atoms. The van der Waals surface area contributed by atoms with Gasteiger partial charge in [-0.25, -0.2) is 0 Å². The minimum absolute atomic E-state index is 0.179. The third-order valence-corrected chi connectivity index (χ3v) is 5.35. The lowest BCUT2D eigenvalue weighted by Crippen LogP contribution is -2.56. The molecule has 0 aromatic rings. The molecular formula is C18H32N4O2. The summed E-state index contributed by atoms with van der Waals surface area (Å²) in [5, 5.41) is 12.5. The van der Waals surface area contributed by atoms with Gasteiger partial charge < -0.3 is 16.0 Å². The second-order valence-electron chi connectivity index (χ2n) is 7.50. The number of hydrogen-bond acceptors (Lipinski definition) is 4. The van der Waals surface area contributed by atoms with Crippen LogP contribution in [0.15, 0.2) is 0 Å². The molecule has 0 aliphatic carbocycles. The zero-order chi connectivity index (χ0) is 18.4. The van der Waals surface area contributed by atoms with Gasteiger partial charge in [-0.1, -0.05) is 27.7 Å². The van der Waals surface area contributed by atoms with Crippen LogP contribution >= 0.6 is 0 Å². The van der Waals surface area contributed by atoms with Crippen molar-refractivity contribution < 1.29 is 9.59 Å². The largest absolute Gasteiger partial charge is 0.369 e. The van der Waals surface area contributed by atoms with Crippen LogP contribution < -0.4 is 11.1 Å². The number of carbonyl (C=O) groups is 2. The van der Waals surface area contributed by atoms with E-state index in [1.54, 1.807) is 13.8 Å². The summed E-state index contributed by atoms with van der Waals surface area (Å²) >= 11 is 0. The van der Waals surface area contributed by atoms with Gasteiger partial charge in [-0.15, -0.1) is 0 Å². The molecule has 0 saturated carbocycles. The number of primary amides is 1. The molecule has 6 nitrogen and oxygen atoms in total. The molecule has 1 saturated heterocycles. The third-order valence-electron chi connectivity index (χ3n) is 5.35. The Morgan fingerprint density at radius 3 is 2.25 bits per heavy atom. The van der Waals surface area contributed by atoms with E-state index in [4.69, 9.17) is 5.73 Å². The first-order valence-corrected chi connectivity index (χ1v) is 8.96. The first kappa shape index (κ1) is 20.4. The Hall–Kier alpha value is -1.61. The van der Waals surface area contributed by atoms with Crippen LogP contribution in [0.25, 0.3) is 0 Å². The Labute approximate surface area is 145 Å². The fraction of sp³-hybridized carbons (Fsp3) is 0.833. The summed E-state index contributed by atoms with van der Waals surface area (Å²) in [7, 11) is 0. The highest BCUT2D eigenvalue weighted by atomic mass is 16.2. The highest BCUT2D eigenvalue weighted by molar-refractivity contribution is 5.82. The van der Waals surface area contributed by atoms with Crippen molar-refractivity contribution in [1.82, 2.24) is 10.2 Å². The van der Waals surface area contributed by atoms with Gasteiger partial charge in [0.25, 0.3) is 0 Å². The second kappa shape index (κ2) is 8.48. The number of rotatable bonds is 8. The Morgan fingerprint density at radius 1 is 1.29 bits per heavy atom. The lowest BCUT2D eigenvalue weighted by Gasteiger charge is -2.41. The van der Waals surface area contributed by atoms with E-state index < -0.39 is 16.9 Å². The standard InChI is InChI=1S/C18H32N4O2/c1-5-14(6-2)22-11-9-18(13-19,10-12-22)21-15(23)7-8-17(3,4)16(20)24/h14H,5-12H2,1-4H3,(H2,20,24)(H,21,23). The van der Waals surface area contributed by atoms with E-state index in [0.29, 0.717) is 25.3 Å². The number of likely N-dealkylation sites (tertiary alicyclic amines) is 1. The van der Waals surface area contributed by atoms with Gasteiger partial charge in [0.1, 0.15) is 5.54 Å². The molecule has 1 aliphatic rings. The van der Waals surface area contributed by atoms with Crippen LogP contribution in [0.5, 0.6) is 0 Å². The molecule has 1 aliphatic heterocycles. The summed E-state index contributed by atoms with van der Waals surface area (Å²) in [5.41, 5.74) is 3.84. The monoisotopic (exact) mass is 336 g/mol. The number of nitrogens with zero attached hydrogens (tertiary/aromatic N) is 2. The molecular weight excluding hydrogens is 304 g/mol. The number of amides is 2. The minimum atomic E-state index is -0.781. The van der Waals surface area contributed by atoms with E-state index in [9.17, 15) is 14.9 Å². The van der Waals surface area contributed by atoms with Gasteiger partial charge in [-0.05, 0) is 32.1 Å². The number of carbonyl (C=O) groups excluding carboxylic acids is 2. The number of nitriles is 1. The molecule has 0 aromatic carbocycles. The Bertz CT molecular complexity index is 484. The lowest BCUT2D eigenvalue weighted by atomic mass is 9.85. The van der Waals surface area contributed by atoms with Crippen molar-refractivity contribution in [3.8, 4) is 6.07 Å². The molecule has 3 N–H and O–H groups in total. The molecule has 0 atom stereocenters. The van der Waals surface area contributed by atoms with Gasteiger partial charge >= 0.3 is 0 Å². The minimum Gasteiger partial charge on any atom is -0.369 e. The molecule has 1 heterocycles. The smallest absolute Gasteiger partial charge is 0.223 e. The highest BCUT2D eigenvalue weighted by Crippen LogP contribution is 2.26. The number of piperidine rings is 1. The fourth-order valence-corrected chi connectivity index (χ4v) is 3.22. The van der Waals surface area contributed by atoms with Gasteiger partial charge in [0.15, 0.2) is 0 Å². The van der Waals surface area contributed by atoms with E-state index in [1.165, 1.54) is 0 Å². The van der Waals surface area contributed by atoms with Gasteiger partial charge in [0, 0.05) is 31.0 Å². The van der Waals surface area contributed by atoms with Gasteiger partial charge in [0.2, 0.25) is 11.8 Å². The van der Waals surface area contributed by atoms with Crippen LogP contribution in [0.3, 0.4) is 0 Å². The molecule has 0 unspecified atom stereocenters. The van der Waals surface area contributed by atoms with Crippen molar-refractivity contribution >= 4 is 11.8 Å². The molecule has 1 rings (SSSR count). The van der Waals surface area contributed by atoms with E-state index in [1.807, 2.05) is 0 Å². The highest BCUT2D eigenvalue weighted by Gasteiger charge is 2.37. The maximum atomic E-state index is 12.2. The second-order valence-corrected chi connectivity index (χ2v) is 7.50. The quantitative estimate of drug-likeness (QED) is 0.707. The van der Waals surface area contributed by atoms with Crippen LogP contribution in [0.1, 0.15) is 66.2 Å². The first-order chi connectivity index (χ1) is 11.2. The topological polar surface area (TPSA) is 99.2 Å². The van der Waals surface area contributed by atoms with Crippen molar-refractivity contribution in [3.05, 3.63) is 0 Å². The zero-order valence-electron chi connectivity index (χ0n) is 15.5. The van der Waals surface area contributed by atoms with Crippen LogP contribution in [-0.4, -0.2) is 41.4 Å². The van der Waals surface area contributed by atoms with Crippen LogP contribution in [0.4, 0.5) is 0 Å². The molecule has 0 aromatic heterocycles. The molecule has 0 spiro atoms. The molecule has 136 valence electrons. The number of nitrogens with two attached hydrogens (primary N) is 1. The summed E-state index contributed by atoms with van der Waals surface area (Å²) in [4.78, 5) is 26.0. The number of nitrogens with one attached hydrogen (secondary N) is 1. The predicted molar refractivity (Wildman–Crippen MR) is 93.9 cm³/mol. The normalized spacial score (nSPS) is 18.2. The van der Waals surface area contributed by atoms with E-state index in [2.05, 4.69) is 30.1 Å². The summed E-state index contributed by atoms with van der Waals surface area (Å²) in [6.45, 7) is 9.48. The SMILES string of the molecule is CCC(CC)N1CCC(C#N)(NC(=O)CCC(C)(C)C(N)=O)CC1. The van der Waals surface area contributed by atoms with Crippen LogP contribution in [-0.2, 0) is 9.59 Å². The lowest BCUT2D eigenvalue weighted by molar-refractivity contribution is -0.127. The summed E-state index contributed by atoms with van der Waals surface area (Å²) < 4.78 is 0. The molecule has 2 amide bonds. The van der Waals surface area contributed by atoms with E-state index >= 15 is 0 Å². The fourth-order valence-electron chi connectivity index (χ4n) is 3.22. The van der Waals surface area contributed by atoms with Gasteiger partial charge in [-0.2, -0.15) is 5.26 Å². The average Bonchev–Trinajstić information content (AvgIpc) is 2.55.